The van der Waals surface area contributed by atoms with Gasteiger partial charge in [-0.2, -0.15) is 5.26 Å². The number of nitrogens with zero attached hydrogens (tertiary/aromatic N) is 3. The molecule has 2 aromatic rings. The van der Waals surface area contributed by atoms with E-state index in [1.54, 1.807) is 7.11 Å². The van der Waals surface area contributed by atoms with Gasteiger partial charge in [-0.1, -0.05) is 0 Å². The second-order valence-corrected chi connectivity index (χ2v) is 8.09. The third-order valence-electron chi connectivity index (χ3n) is 6.49. The van der Waals surface area contributed by atoms with Gasteiger partial charge in [-0.15, -0.1) is 0 Å². The molecule has 2 bridgehead atoms. The maximum Gasteiger partial charge on any atom is 0.178 e. The molecular formula is C23H27N3O2. The minimum atomic E-state index is 0.195. The molecule has 2 aliphatic heterocycles. The van der Waals surface area contributed by atoms with Crippen LogP contribution in [-0.2, 0) is 4.74 Å². The second-order valence-electron chi connectivity index (χ2n) is 8.09. The zero-order valence-corrected chi connectivity index (χ0v) is 16.8. The molecule has 0 radical (unpaired) electrons. The van der Waals surface area contributed by atoms with Gasteiger partial charge in [-0.25, -0.2) is 0 Å². The molecule has 0 N–H and O–H groups in total. The number of nitriles is 1. The van der Waals surface area contributed by atoms with Crippen molar-refractivity contribution in [2.75, 3.05) is 13.7 Å². The van der Waals surface area contributed by atoms with Crippen LogP contribution in [0.2, 0.25) is 0 Å². The molecule has 2 aliphatic rings. The molecule has 0 aliphatic carbocycles. The Labute approximate surface area is 166 Å². The highest BCUT2D eigenvalue weighted by atomic mass is 16.5. The molecule has 1 aromatic carbocycles. The summed E-state index contributed by atoms with van der Waals surface area (Å²) in [6.07, 6.45) is 4.74. The van der Waals surface area contributed by atoms with Crippen LogP contribution in [0.5, 0.6) is 0 Å². The Morgan fingerprint density at radius 2 is 1.82 bits per heavy atom. The zero-order chi connectivity index (χ0) is 19.8. The second kappa shape index (κ2) is 7.54. The van der Waals surface area contributed by atoms with Crippen molar-refractivity contribution in [2.45, 2.75) is 57.7 Å². The lowest BCUT2D eigenvalue weighted by Gasteiger charge is -2.37. The van der Waals surface area contributed by atoms with Gasteiger partial charge in [0.2, 0.25) is 0 Å². The predicted octanol–water partition coefficient (Wildman–Crippen LogP) is 3.79. The van der Waals surface area contributed by atoms with Crippen LogP contribution in [-0.4, -0.2) is 47.1 Å². The Balaban J connectivity index is 1.55. The first kappa shape index (κ1) is 18.9. The average Bonchev–Trinajstić information content (AvgIpc) is 3.12. The highest BCUT2D eigenvalue weighted by Gasteiger charge is 2.41. The number of piperidine rings is 1. The molecule has 28 heavy (non-hydrogen) atoms. The number of Topliss-reactive ketones (excluding diaryl/α,β-unsaturated/α-hetero) is 1. The quantitative estimate of drug-likeness (QED) is 0.744. The van der Waals surface area contributed by atoms with Crippen LogP contribution in [0.4, 0.5) is 0 Å². The number of carbonyl (C=O) groups excluding carboxylic acids is 1. The third-order valence-corrected chi connectivity index (χ3v) is 6.49. The summed E-state index contributed by atoms with van der Waals surface area (Å²) in [5.74, 6) is 0.195. The molecule has 5 nitrogen and oxygen atoms in total. The van der Waals surface area contributed by atoms with Crippen molar-refractivity contribution in [1.29, 1.82) is 5.26 Å². The first-order valence-electron chi connectivity index (χ1n) is 10.0. The maximum absolute atomic E-state index is 13.2. The first-order valence-corrected chi connectivity index (χ1v) is 10.0. The molecule has 0 saturated carbocycles. The van der Waals surface area contributed by atoms with E-state index in [1.165, 1.54) is 12.8 Å². The number of ketones is 1. The van der Waals surface area contributed by atoms with Crippen LogP contribution >= 0.6 is 0 Å². The summed E-state index contributed by atoms with van der Waals surface area (Å²) in [6.45, 7) is 4.52. The maximum atomic E-state index is 13.2. The smallest absolute Gasteiger partial charge is 0.178 e. The van der Waals surface area contributed by atoms with Crippen molar-refractivity contribution in [1.82, 2.24) is 9.47 Å². The Kier molecular flexibility index (Phi) is 5.09. The SMILES string of the molecule is CO[C@@H]1C[C@H]2CC[C@@H](C1)N2CC(=O)c1cc(C)n(-c2ccc(C#N)cc2)c1C. The molecule has 2 fully saturated rings. The fourth-order valence-electron chi connectivity index (χ4n) is 5.05. The van der Waals surface area contributed by atoms with Gasteiger partial charge in [-0.05, 0) is 69.9 Å². The molecule has 3 heterocycles. The number of ether oxygens (including phenoxy) is 1. The number of carbonyl (C=O) groups is 1. The zero-order valence-electron chi connectivity index (χ0n) is 16.8. The minimum absolute atomic E-state index is 0.195. The first-order chi connectivity index (χ1) is 13.5. The summed E-state index contributed by atoms with van der Waals surface area (Å²) >= 11 is 0. The van der Waals surface area contributed by atoms with Gasteiger partial charge in [0, 0.05) is 41.8 Å². The van der Waals surface area contributed by atoms with E-state index in [1.807, 2.05) is 44.2 Å². The molecule has 146 valence electrons. The summed E-state index contributed by atoms with van der Waals surface area (Å²) in [5, 5.41) is 9.01. The number of fused-ring (bicyclic) bond motifs is 2. The normalized spacial score (nSPS) is 24.3. The van der Waals surface area contributed by atoms with E-state index in [2.05, 4.69) is 15.5 Å². The molecule has 2 saturated heterocycles. The summed E-state index contributed by atoms with van der Waals surface area (Å²) in [4.78, 5) is 15.6. The summed E-state index contributed by atoms with van der Waals surface area (Å²) in [5.41, 5.74) is 4.42. The fraction of sp³-hybridized carbons (Fsp3) is 0.478. The van der Waals surface area contributed by atoms with Crippen molar-refractivity contribution >= 4 is 5.78 Å². The van der Waals surface area contributed by atoms with Crippen molar-refractivity contribution in [3.63, 3.8) is 0 Å². The van der Waals surface area contributed by atoms with E-state index >= 15 is 0 Å². The minimum Gasteiger partial charge on any atom is -0.381 e. The van der Waals surface area contributed by atoms with Crippen LogP contribution in [0.3, 0.4) is 0 Å². The van der Waals surface area contributed by atoms with E-state index < -0.39 is 0 Å². The summed E-state index contributed by atoms with van der Waals surface area (Å²) in [7, 11) is 1.79. The van der Waals surface area contributed by atoms with Crippen molar-refractivity contribution in [3.8, 4) is 11.8 Å². The van der Waals surface area contributed by atoms with Crippen LogP contribution in [0, 0.1) is 25.2 Å². The lowest BCUT2D eigenvalue weighted by Crippen LogP contribution is -2.47. The number of hydrogen-bond acceptors (Lipinski definition) is 4. The van der Waals surface area contributed by atoms with Crippen LogP contribution in [0.1, 0.15) is 53.0 Å². The fourth-order valence-corrected chi connectivity index (χ4v) is 5.05. The van der Waals surface area contributed by atoms with Crippen LogP contribution in [0.25, 0.3) is 5.69 Å². The van der Waals surface area contributed by atoms with Gasteiger partial charge in [0.25, 0.3) is 0 Å². The topological polar surface area (TPSA) is 58.3 Å². The van der Waals surface area contributed by atoms with E-state index in [0.717, 1.165) is 35.5 Å². The van der Waals surface area contributed by atoms with E-state index in [9.17, 15) is 4.79 Å². The monoisotopic (exact) mass is 377 g/mol. The van der Waals surface area contributed by atoms with Gasteiger partial charge >= 0.3 is 0 Å². The number of aryl methyl sites for hydroxylation is 1. The summed E-state index contributed by atoms with van der Waals surface area (Å²) < 4.78 is 7.68. The van der Waals surface area contributed by atoms with Crippen molar-refractivity contribution in [2.24, 2.45) is 0 Å². The van der Waals surface area contributed by atoms with Gasteiger partial charge in [0.15, 0.2) is 5.78 Å². The molecule has 1 aromatic heterocycles. The number of rotatable bonds is 5. The number of hydrogen-bond donors (Lipinski definition) is 0. The van der Waals surface area contributed by atoms with Crippen LogP contribution in [0.15, 0.2) is 30.3 Å². The third kappa shape index (κ3) is 3.28. The van der Waals surface area contributed by atoms with Gasteiger partial charge in [0.05, 0.1) is 24.3 Å². The van der Waals surface area contributed by atoms with Gasteiger partial charge in [0.1, 0.15) is 0 Å². The predicted molar refractivity (Wildman–Crippen MR) is 108 cm³/mol. The molecule has 0 spiro atoms. The molecular weight excluding hydrogens is 350 g/mol. The largest absolute Gasteiger partial charge is 0.381 e. The number of methoxy groups -OCH3 is 1. The lowest BCUT2D eigenvalue weighted by molar-refractivity contribution is 0.00723. The molecule has 5 heteroatoms. The Morgan fingerprint density at radius 3 is 2.39 bits per heavy atom. The van der Waals surface area contributed by atoms with Crippen LogP contribution < -0.4 is 0 Å². The standard InChI is InChI=1S/C23H27N3O2/c1-15-10-22(16(2)26(15)18-6-4-17(13-24)5-7-18)23(27)14-25-19-8-9-20(25)12-21(11-19)28-3/h4-7,10,19-21H,8-9,11-12,14H2,1-3H3/t19-,20+,21-. The van der Waals surface area contributed by atoms with Gasteiger partial charge in [-0.3, -0.25) is 9.69 Å². The van der Waals surface area contributed by atoms with Gasteiger partial charge < -0.3 is 9.30 Å². The van der Waals surface area contributed by atoms with E-state index in [4.69, 9.17) is 10.00 Å². The molecule has 0 amide bonds. The lowest BCUT2D eigenvalue weighted by atomic mass is 9.98. The highest BCUT2D eigenvalue weighted by Crippen LogP contribution is 2.37. The van der Waals surface area contributed by atoms with Crippen molar-refractivity contribution < 1.29 is 9.53 Å². The highest BCUT2D eigenvalue weighted by molar-refractivity contribution is 5.99. The number of benzene rings is 1. The molecule has 4 rings (SSSR count). The van der Waals surface area contributed by atoms with Crippen molar-refractivity contribution in [3.05, 3.63) is 52.8 Å². The Morgan fingerprint density at radius 1 is 1.18 bits per heavy atom. The number of aromatic nitrogens is 1. The summed E-state index contributed by atoms with van der Waals surface area (Å²) in [6, 6.07) is 12.6. The average molecular weight is 377 g/mol. The molecule has 0 unspecified atom stereocenters. The Bertz CT molecular complexity index is 909. The van der Waals surface area contributed by atoms with E-state index in [-0.39, 0.29) is 5.78 Å². The Hall–Kier alpha value is -2.42. The molecule has 3 atom stereocenters. The van der Waals surface area contributed by atoms with E-state index in [0.29, 0.717) is 30.3 Å².